The number of methoxy groups -OCH3 is 1. The first-order valence-corrected chi connectivity index (χ1v) is 15.8. The molecule has 4 N–H and O–H groups in total. The molecule has 2 aromatic heterocycles. The van der Waals surface area contributed by atoms with Gasteiger partial charge >= 0.3 is 0 Å². The number of hydrogen-bond donors (Lipinski definition) is 3. The molecule has 12 heteroatoms. The Bertz CT molecular complexity index is 1950. The van der Waals surface area contributed by atoms with Crippen LogP contribution in [0.5, 0.6) is 17.2 Å². The molecule has 3 atom stereocenters. The van der Waals surface area contributed by atoms with Gasteiger partial charge in [0.15, 0.2) is 5.76 Å². The number of carbonyl (C=O) groups excluding carboxylic acids is 2. The molecule has 12 nitrogen and oxygen atoms in total. The number of amides is 2. The molecule has 1 saturated heterocycles. The number of fused-ring (bicyclic) bond motifs is 4. The van der Waals surface area contributed by atoms with Crippen molar-refractivity contribution in [2.45, 2.75) is 51.3 Å². The van der Waals surface area contributed by atoms with Gasteiger partial charge < -0.3 is 34.6 Å². The summed E-state index contributed by atoms with van der Waals surface area (Å²) in [6, 6.07) is 18.8. The summed E-state index contributed by atoms with van der Waals surface area (Å²) in [5.74, 6) is -0.421. The van der Waals surface area contributed by atoms with Crippen LogP contribution in [0.4, 0.5) is 5.69 Å². The number of pyridine rings is 1. The average Bonchev–Trinajstić information content (AvgIpc) is 3.05. The van der Waals surface area contributed by atoms with Crippen LogP contribution < -0.4 is 31.5 Å². The lowest BCUT2D eigenvalue weighted by atomic mass is 9.83. The number of benzene rings is 2. The number of nitrogens with zero attached hydrogens (tertiary/aromatic N) is 2. The Morgan fingerprint density at radius 3 is 2.58 bits per heavy atom. The molecule has 0 unspecified atom stereocenters. The van der Waals surface area contributed by atoms with Crippen molar-refractivity contribution in [2.75, 3.05) is 25.5 Å². The van der Waals surface area contributed by atoms with Crippen molar-refractivity contribution in [3.05, 3.63) is 116 Å². The van der Waals surface area contributed by atoms with E-state index in [4.69, 9.17) is 19.6 Å². The molecule has 4 heterocycles. The van der Waals surface area contributed by atoms with Gasteiger partial charge in [-0.05, 0) is 60.4 Å². The molecule has 2 bridgehead atoms. The number of carbonyl (C=O) groups is 2. The number of hydrogen-bond acceptors (Lipinski definition) is 9. The van der Waals surface area contributed by atoms with E-state index in [-0.39, 0.29) is 42.1 Å². The van der Waals surface area contributed by atoms with Crippen LogP contribution in [0.25, 0.3) is 0 Å². The first-order chi connectivity index (χ1) is 23.1. The van der Waals surface area contributed by atoms with Crippen LogP contribution in [-0.4, -0.2) is 46.6 Å². The molecule has 2 amide bonds. The Balaban J connectivity index is 1.26. The third-order valence-corrected chi connectivity index (χ3v) is 8.93. The fraction of sp³-hybridized carbons (Fsp3) is 0.333. The van der Waals surface area contributed by atoms with Gasteiger partial charge in [0, 0.05) is 68.0 Å². The summed E-state index contributed by atoms with van der Waals surface area (Å²) < 4.78 is 19.6. The predicted molar refractivity (Wildman–Crippen MR) is 177 cm³/mol. The Morgan fingerprint density at radius 1 is 1.06 bits per heavy atom. The number of aromatic hydroxyl groups is 1. The minimum absolute atomic E-state index is 0.0101. The molecule has 48 heavy (non-hydrogen) atoms. The van der Waals surface area contributed by atoms with Crippen LogP contribution in [-0.2, 0) is 29.3 Å². The largest absolute Gasteiger partial charge is 0.502 e. The van der Waals surface area contributed by atoms with Gasteiger partial charge in [0.25, 0.3) is 5.56 Å². The number of anilines is 1. The van der Waals surface area contributed by atoms with E-state index in [0.717, 1.165) is 18.7 Å². The van der Waals surface area contributed by atoms with Crippen LogP contribution >= 0.6 is 0 Å². The highest BCUT2D eigenvalue weighted by atomic mass is 16.5. The maximum absolute atomic E-state index is 13.1. The number of nitrogens with one attached hydrogen (secondary N) is 1. The monoisotopic (exact) mass is 654 g/mol. The summed E-state index contributed by atoms with van der Waals surface area (Å²) in [5.41, 5.74) is 7.93. The summed E-state index contributed by atoms with van der Waals surface area (Å²) in [7, 11) is 1.53. The quantitative estimate of drug-likeness (QED) is 0.219. The van der Waals surface area contributed by atoms with Crippen LogP contribution in [0.15, 0.2) is 80.7 Å². The predicted octanol–water partition coefficient (Wildman–Crippen LogP) is 3.68. The first kappa shape index (κ1) is 32.6. The molecular formula is C36H38N4O8. The molecule has 2 aliphatic rings. The van der Waals surface area contributed by atoms with Crippen molar-refractivity contribution >= 4 is 17.5 Å². The molecule has 1 fully saturated rings. The van der Waals surface area contributed by atoms with E-state index < -0.39 is 23.0 Å². The van der Waals surface area contributed by atoms with Crippen molar-refractivity contribution in [1.82, 2.24) is 9.47 Å². The van der Waals surface area contributed by atoms with Crippen LogP contribution in [0.1, 0.15) is 59.9 Å². The van der Waals surface area contributed by atoms with Gasteiger partial charge in [-0.1, -0.05) is 12.1 Å². The van der Waals surface area contributed by atoms with Crippen LogP contribution in [0, 0.1) is 5.92 Å². The van der Waals surface area contributed by atoms with Gasteiger partial charge in [-0.15, -0.1) is 0 Å². The minimum atomic E-state index is -0.865. The van der Waals surface area contributed by atoms with E-state index in [2.05, 4.69) is 10.2 Å². The average molecular weight is 655 g/mol. The lowest BCUT2D eigenvalue weighted by Crippen LogP contribution is -2.46. The van der Waals surface area contributed by atoms with Gasteiger partial charge in [0.05, 0.1) is 19.6 Å². The van der Waals surface area contributed by atoms with Gasteiger partial charge in [-0.25, -0.2) is 0 Å². The normalized spacial score (nSPS) is 17.6. The summed E-state index contributed by atoms with van der Waals surface area (Å²) in [5, 5.41) is 13.7. The highest BCUT2D eigenvalue weighted by Gasteiger charge is 2.35. The summed E-state index contributed by atoms with van der Waals surface area (Å²) >= 11 is 0. The molecule has 250 valence electrons. The van der Waals surface area contributed by atoms with Gasteiger partial charge in [-0.3, -0.25) is 24.1 Å². The topological polar surface area (TPSA) is 166 Å². The number of aromatic nitrogens is 1. The van der Waals surface area contributed by atoms with Crippen molar-refractivity contribution in [3.8, 4) is 17.2 Å². The number of ether oxygens (including phenoxy) is 2. The SMILES string of the molecule is COc1ccc([C@H](CC(N)=O)c2oc(CN3C[C@H]4C[C@@H](C3)c3cccc(=O)n3C4)cc(=O)c2O)cc1COc1ccc(NC(C)=O)cc1. The molecule has 2 aromatic carbocycles. The van der Waals surface area contributed by atoms with Crippen molar-refractivity contribution in [2.24, 2.45) is 11.7 Å². The fourth-order valence-corrected chi connectivity index (χ4v) is 6.90. The molecule has 6 rings (SSSR count). The van der Waals surface area contributed by atoms with Gasteiger partial charge in [0.1, 0.15) is 23.9 Å². The smallest absolute Gasteiger partial charge is 0.250 e. The first-order valence-electron chi connectivity index (χ1n) is 15.8. The molecular weight excluding hydrogens is 616 g/mol. The third kappa shape index (κ3) is 7.13. The number of nitrogens with two attached hydrogens (primary N) is 1. The van der Waals surface area contributed by atoms with E-state index in [9.17, 15) is 24.3 Å². The van der Waals surface area contributed by atoms with E-state index in [1.807, 2.05) is 10.6 Å². The lowest BCUT2D eigenvalue weighted by Gasteiger charge is -2.42. The van der Waals surface area contributed by atoms with Gasteiger partial charge in [0.2, 0.25) is 23.0 Å². The highest BCUT2D eigenvalue weighted by molar-refractivity contribution is 5.88. The fourth-order valence-electron chi connectivity index (χ4n) is 6.90. The molecule has 0 spiro atoms. The maximum atomic E-state index is 13.1. The van der Waals surface area contributed by atoms with Crippen LogP contribution in [0.2, 0.25) is 0 Å². The molecule has 2 aliphatic heterocycles. The van der Waals surface area contributed by atoms with Crippen molar-refractivity contribution in [3.63, 3.8) is 0 Å². The van der Waals surface area contributed by atoms with E-state index in [0.29, 0.717) is 53.7 Å². The zero-order valence-corrected chi connectivity index (χ0v) is 26.8. The van der Waals surface area contributed by atoms with E-state index in [1.54, 1.807) is 54.6 Å². The van der Waals surface area contributed by atoms with Crippen molar-refractivity contribution in [1.29, 1.82) is 0 Å². The molecule has 0 radical (unpaired) electrons. The second-order valence-electron chi connectivity index (χ2n) is 12.5. The standard InChI is InChI=1S/C36H38N4O8/c1-21(41)38-26-7-9-27(10-8-26)47-20-25-13-23(6-11-32(25)46-2)29(15-33(37)43)36-35(45)31(42)14-28(48-36)19-39-16-22-12-24(18-39)30-4-3-5-34(44)40(30)17-22/h3-11,13-14,22,24,29,45H,12,15-20H2,1-2H3,(H2,37,43)(H,38,41)/t22-,24+,29+/m1/s1. The Hall–Kier alpha value is -5.36. The maximum Gasteiger partial charge on any atom is 0.250 e. The summed E-state index contributed by atoms with van der Waals surface area (Å²) in [6.07, 6.45) is 0.758. The molecule has 0 saturated carbocycles. The number of rotatable bonds is 11. The second kappa shape index (κ2) is 13.8. The lowest BCUT2D eigenvalue weighted by molar-refractivity contribution is -0.118. The van der Waals surface area contributed by atoms with Gasteiger partial charge in [-0.2, -0.15) is 0 Å². The third-order valence-electron chi connectivity index (χ3n) is 8.93. The number of primary amides is 1. The summed E-state index contributed by atoms with van der Waals surface area (Å²) in [4.78, 5) is 51.4. The Kier molecular flexibility index (Phi) is 9.35. The van der Waals surface area contributed by atoms with Crippen molar-refractivity contribution < 1.29 is 28.6 Å². The minimum Gasteiger partial charge on any atom is -0.502 e. The highest BCUT2D eigenvalue weighted by Crippen LogP contribution is 2.38. The Labute approximate surface area is 276 Å². The summed E-state index contributed by atoms with van der Waals surface area (Å²) in [6.45, 7) is 3.89. The van der Waals surface area contributed by atoms with E-state index >= 15 is 0 Å². The number of piperidine rings is 1. The Morgan fingerprint density at radius 2 is 1.85 bits per heavy atom. The van der Waals surface area contributed by atoms with Crippen LogP contribution in [0.3, 0.4) is 0 Å². The zero-order chi connectivity index (χ0) is 33.9. The molecule has 0 aliphatic carbocycles. The van der Waals surface area contributed by atoms with E-state index in [1.165, 1.54) is 20.1 Å². The number of likely N-dealkylation sites (tertiary alicyclic amines) is 1. The zero-order valence-electron chi connectivity index (χ0n) is 26.8. The molecule has 4 aromatic rings. The second-order valence-corrected chi connectivity index (χ2v) is 12.5.